The van der Waals surface area contributed by atoms with Crippen molar-refractivity contribution in [2.24, 2.45) is 11.1 Å². The molecule has 0 aromatic heterocycles. The molecule has 0 N–H and O–H groups in total. The van der Waals surface area contributed by atoms with Crippen LogP contribution in [0, 0.1) is 5.92 Å². The minimum absolute atomic E-state index is 0.535. The SMILES string of the molecule is CCCC[C@H]1CCC(=Cc2ccc(Cl)cc2)C1=NOCCCN(C)C. The van der Waals surface area contributed by atoms with Crippen LogP contribution in [0.4, 0.5) is 0 Å². The molecule has 1 aromatic rings. The fraction of sp³-hybridized carbons (Fsp3) is 0.571. The van der Waals surface area contributed by atoms with Gasteiger partial charge < -0.3 is 9.74 Å². The predicted molar refractivity (Wildman–Crippen MR) is 108 cm³/mol. The third-order valence-corrected chi connectivity index (χ3v) is 4.85. The molecular formula is C21H31ClN2O. The van der Waals surface area contributed by atoms with Gasteiger partial charge in [0.2, 0.25) is 0 Å². The Morgan fingerprint density at radius 3 is 2.68 bits per heavy atom. The first-order chi connectivity index (χ1) is 12.1. The molecule has 0 unspecified atom stereocenters. The van der Waals surface area contributed by atoms with E-state index in [0.717, 1.165) is 30.1 Å². The van der Waals surface area contributed by atoms with Gasteiger partial charge in [0.1, 0.15) is 6.61 Å². The van der Waals surface area contributed by atoms with Gasteiger partial charge in [-0.1, -0.05) is 48.7 Å². The zero-order valence-corrected chi connectivity index (χ0v) is 16.6. The summed E-state index contributed by atoms with van der Waals surface area (Å²) in [5, 5.41) is 5.32. The Morgan fingerprint density at radius 2 is 2.00 bits per heavy atom. The highest BCUT2D eigenvalue weighted by Crippen LogP contribution is 2.33. The van der Waals surface area contributed by atoms with Crippen LogP contribution in [0.3, 0.4) is 0 Å². The molecule has 1 aromatic carbocycles. The number of unbranched alkanes of at least 4 members (excludes halogenated alkanes) is 1. The van der Waals surface area contributed by atoms with E-state index >= 15 is 0 Å². The summed E-state index contributed by atoms with van der Waals surface area (Å²) in [6.45, 7) is 3.95. The van der Waals surface area contributed by atoms with Crippen molar-refractivity contribution in [3.8, 4) is 0 Å². The molecule has 2 rings (SSSR count). The first-order valence-electron chi connectivity index (χ1n) is 9.41. The normalized spacial score (nSPS) is 20.8. The molecule has 1 aliphatic rings. The van der Waals surface area contributed by atoms with E-state index in [1.807, 2.05) is 12.1 Å². The highest BCUT2D eigenvalue weighted by atomic mass is 35.5. The number of hydrogen-bond acceptors (Lipinski definition) is 3. The summed E-state index contributed by atoms with van der Waals surface area (Å²) in [6, 6.07) is 7.99. The molecule has 1 saturated carbocycles. The lowest BCUT2D eigenvalue weighted by molar-refractivity contribution is 0.134. The molecule has 138 valence electrons. The van der Waals surface area contributed by atoms with Gasteiger partial charge in [-0.2, -0.15) is 0 Å². The molecule has 25 heavy (non-hydrogen) atoms. The maximum atomic E-state index is 5.99. The Labute approximate surface area is 157 Å². The minimum Gasteiger partial charge on any atom is -0.396 e. The number of nitrogens with zero attached hydrogens (tertiary/aromatic N) is 2. The van der Waals surface area contributed by atoms with Crippen molar-refractivity contribution in [3.05, 3.63) is 40.4 Å². The van der Waals surface area contributed by atoms with E-state index < -0.39 is 0 Å². The number of benzene rings is 1. The van der Waals surface area contributed by atoms with Gasteiger partial charge in [-0.05, 0) is 69.1 Å². The Bertz CT molecular complexity index is 578. The molecule has 1 fully saturated rings. The molecule has 0 heterocycles. The summed E-state index contributed by atoms with van der Waals surface area (Å²) in [5.41, 5.74) is 3.65. The van der Waals surface area contributed by atoms with E-state index in [0.29, 0.717) is 12.5 Å². The summed E-state index contributed by atoms with van der Waals surface area (Å²) < 4.78 is 0. The van der Waals surface area contributed by atoms with Gasteiger partial charge in [0.05, 0.1) is 5.71 Å². The third kappa shape index (κ3) is 6.83. The third-order valence-electron chi connectivity index (χ3n) is 4.60. The molecule has 0 spiro atoms. The second kappa shape index (κ2) is 10.6. The minimum atomic E-state index is 0.535. The van der Waals surface area contributed by atoms with Crippen molar-refractivity contribution < 1.29 is 4.84 Å². The van der Waals surface area contributed by atoms with Crippen LogP contribution in [-0.4, -0.2) is 37.9 Å². The molecule has 1 atom stereocenters. The van der Waals surface area contributed by atoms with Crippen molar-refractivity contribution in [3.63, 3.8) is 0 Å². The average molecular weight is 363 g/mol. The van der Waals surface area contributed by atoms with Gasteiger partial charge in [0, 0.05) is 17.5 Å². The Hall–Kier alpha value is -1.32. The van der Waals surface area contributed by atoms with E-state index in [2.05, 4.69) is 49.3 Å². The second-order valence-electron chi connectivity index (χ2n) is 7.07. The van der Waals surface area contributed by atoms with Crippen LogP contribution in [0.2, 0.25) is 5.02 Å². The fourth-order valence-corrected chi connectivity index (χ4v) is 3.31. The molecule has 0 aliphatic heterocycles. The Kier molecular flexibility index (Phi) is 8.50. The largest absolute Gasteiger partial charge is 0.396 e. The van der Waals surface area contributed by atoms with Crippen molar-refractivity contribution in [1.82, 2.24) is 4.90 Å². The summed E-state index contributed by atoms with van der Waals surface area (Å²) in [6.07, 6.45) is 9.18. The number of hydrogen-bond donors (Lipinski definition) is 0. The van der Waals surface area contributed by atoms with Crippen LogP contribution in [0.25, 0.3) is 6.08 Å². The first-order valence-corrected chi connectivity index (χ1v) is 9.79. The average Bonchev–Trinajstić information content (AvgIpc) is 2.96. The van der Waals surface area contributed by atoms with Gasteiger partial charge in [-0.3, -0.25) is 0 Å². The lowest BCUT2D eigenvalue weighted by Crippen LogP contribution is -2.15. The first kappa shape index (κ1) is 20.0. The molecule has 0 radical (unpaired) electrons. The van der Waals surface area contributed by atoms with E-state index in [4.69, 9.17) is 16.4 Å². The molecular weight excluding hydrogens is 332 g/mol. The van der Waals surface area contributed by atoms with Crippen LogP contribution in [0.1, 0.15) is 51.0 Å². The van der Waals surface area contributed by atoms with E-state index in [9.17, 15) is 0 Å². The molecule has 3 nitrogen and oxygen atoms in total. The standard InChI is InChI=1S/C21H31ClN2O/c1-4-5-7-18-10-11-19(16-17-8-12-20(22)13-9-17)21(18)23-25-15-6-14-24(2)3/h8-9,12-13,16,18H,4-7,10-11,14-15H2,1-3H3/t18-/m0/s1. The predicted octanol–water partition coefficient (Wildman–Crippen LogP) is 5.65. The maximum Gasteiger partial charge on any atom is 0.118 e. The van der Waals surface area contributed by atoms with Crippen LogP contribution in [-0.2, 0) is 4.84 Å². The zero-order valence-electron chi connectivity index (χ0n) is 15.8. The topological polar surface area (TPSA) is 24.8 Å². The summed E-state index contributed by atoms with van der Waals surface area (Å²) in [5.74, 6) is 0.535. The van der Waals surface area contributed by atoms with Crippen molar-refractivity contribution >= 4 is 23.4 Å². The zero-order chi connectivity index (χ0) is 18.1. The van der Waals surface area contributed by atoms with Crippen molar-refractivity contribution in [1.29, 1.82) is 0 Å². The van der Waals surface area contributed by atoms with E-state index in [1.54, 1.807) is 0 Å². The number of allylic oxidation sites excluding steroid dienone is 1. The maximum absolute atomic E-state index is 5.99. The van der Waals surface area contributed by atoms with Gasteiger partial charge in [0.15, 0.2) is 0 Å². The molecule has 0 bridgehead atoms. The highest BCUT2D eigenvalue weighted by molar-refractivity contribution is 6.30. The van der Waals surface area contributed by atoms with Gasteiger partial charge >= 0.3 is 0 Å². The van der Waals surface area contributed by atoms with Crippen LogP contribution < -0.4 is 0 Å². The fourth-order valence-electron chi connectivity index (χ4n) is 3.19. The quantitative estimate of drug-likeness (QED) is 0.419. The van der Waals surface area contributed by atoms with Crippen molar-refractivity contribution in [2.45, 2.75) is 45.4 Å². The second-order valence-corrected chi connectivity index (χ2v) is 7.50. The molecule has 0 saturated heterocycles. The smallest absolute Gasteiger partial charge is 0.118 e. The number of halogens is 1. The van der Waals surface area contributed by atoms with Crippen LogP contribution in [0.5, 0.6) is 0 Å². The number of rotatable bonds is 9. The lowest BCUT2D eigenvalue weighted by atomic mass is 9.98. The number of oxime groups is 1. The summed E-state index contributed by atoms with van der Waals surface area (Å²) in [7, 11) is 4.16. The monoisotopic (exact) mass is 362 g/mol. The Balaban J connectivity index is 2.06. The summed E-state index contributed by atoms with van der Waals surface area (Å²) >= 11 is 5.99. The van der Waals surface area contributed by atoms with Gasteiger partial charge in [-0.25, -0.2) is 0 Å². The summed E-state index contributed by atoms with van der Waals surface area (Å²) in [4.78, 5) is 7.83. The van der Waals surface area contributed by atoms with Crippen LogP contribution >= 0.6 is 11.6 Å². The molecule has 4 heteroatoms. The molecule has 1 aliphatic carbocycles. The molecule has 0 amide bonds. The highest BCUT2D eigenvalue weighted by Gasteiger charge is 2.27. The van der Waals surface area contributed by atoms with Gasteiger partial charge in [0.25, 0.3) is 0 Å². The van der Waals surface area contributed by atoms with E-state index in [-0.39, 0.29) is 0 Å². The lowest BCUT2D eigenvalue weighted by Gasteiger charge is -2.12. The Morgan fingerprint density at radius 1 is 1.24 bits per heavy atom. The van der Waals surface area contributed by atoms with Crippen molar-refractivity contribution in [2.75, 3.05) is 27.2 Å². The van der Waals surface area contributed by atoms with Gasteiger partial charge in [-0.15, -0.1) is 0 Å². The van der Waals surface area contributed by atoms with E-state index in [1.165, 1.54) is 36.8 Å². The van der Waals surface area contributed by atoms with Crippen LogP contribution in [0.15, 0.2) is 35.0 Å².